The molecule has 0 radical (unpaired) electrons. The van der Waals surface area contributed by atoms with E-state index in [-0.39, 0.29) is 7.43 Å². The van der Waals surface area contributed by atoms with Gasteiger partial charge in [-0.15, -0.1) is 0 Å². The van der Waals surface area contributed by atoms with Crippen molar-refractivity contribution < 1.29 is 0 Å². The first-order valence-electron chi connectivity index (χ1n) is 9.48. The van der Waals surface area contributed by atoms with E-state index in [1.807, 2.05) is 0 Å². The lowest BCUT2D eigenvalue weighted by Crippen LogP contribution is -2.19. The molecule has 0 heteroatoms. The molecule has 134 valence electrons. The van der Waals surface area contributed by atoms with Crippen molar-refractivity contribution in [2.24, 2.45) is 23.7 Å². The van der Waals surface area contributed by atoms with E-state index >= 15 is 0 Å². The second-order valence-electron chi connectivity index (χ2n) is 7.94. The Morgan fingerprint density at radius 3 is 1.70 bits per heavy atom. The number of hydrogen-bond donors (Lipinski definition) is 0. The Morgan fingerprint density at radius 1 is 0.739 bits per heavy atom. The minimum atomic E-state index is 0. The summed E-state index contributed by atoms with van der Waals surface area (Å²) >= 11 is 0. The lowest BCUT2D eigenvalue weighted by molar-refractivity contribution is 0.213. The molecule has 0 bridgehead atoms. The Hall–Kier alpha value is -0.780. The monoisotopic (exact) mass is 318 g/mol. The highest BCUT2D eigenvalue weighted by Gasteiger charge is 2.21. The Morgan fingerprint density at radius 2 is 1.26 bits per heavy atom. The number of benzene rings is 1. The number of hydrogen-bond acceptors (Lipinski definition) is 0. The van der Waals surface area contributed by atoms with Gasteiger partial charge in [0.1, 0.15) is 0 Å². The molecule has 1 fully saturated rings. The molecule has 0 aromatic heterocycles. The van der Waals surface area contributed by atoms with Crippen LogP contribution in [0.3, 0.4) is 0 Å². The van der Waals surface area contributed by atoms with Crippen LogP contribution >= 0.6 is 0 Å². The SMILES string of the molecule is C.CC(C)C(C)C1CCCCC1.CC(C)C(C)c1ccccc1. The molecule has 1 aromatic rings. The largest absolute Gasteiger partial charge is 0.0776 e. The summed E-state index contributed by atoms with van der Waals surface area (Å²) < 4.78 is 0. The van der Waals surface area contributed by atoms with Crippen molar-refractivity contribution >= 4 is 0 Å². The highest BCUT2D eigenvalue weighted by Crippen LogP contribution is 2.33. The molecule has 0 amide bonds. The minimum absolute atomic E-state index is 0. The van der Waals surface area contributed by atoms with Crippen LogP contribution in [0.4, 0.5) is 0 Å². The average Bonchev–Trinajstić information content (AvgIpc) is 2.55. The predicted molar refractivity (Wildman–Crippen MR) is 107 cm³/mol. The molecule has 1 aliphatic carbocycles. The zero-order valence-electron chi connectivity index (χ0n) is 15.8. The van der Waals surface area contributed by atoms with Crippen LogP contribution in [-0.2, 0) is 0 Å². The fraction of sp³-hybridized carbons (Fsp3) is 0.739. The predicted octanol–water partition coefficient (Wildman–Crippen LogP) is 7.94. The van der Waals surface area contributed by atoms with Gasteiger partial charge in [-0.3, -0.25) is 0 Å². The summed E-state index contributed by atoms with van der Waals surface area (Å²) in [5.41, 5.74) is 1.45. The zero-order valence-corrected chi connectivity index (χ0v) is 15.8. The summed E-state index contributed by atoms with van der Waals surface area (Å²) in [6.45, 7) is 14.0. The van der Waals surface area contributed by atoms with Crippen molar-refractivity contribution in [2.45, 2.75) is 87.0 Å². The fourth-order valence-corrected chi connectivity index (χ4v) is 3.35. The van der Waals surface area contributed by atoms with E-state index in [0.717, 1.165) is 23.7 Å². The van der Waals surface area contributed by atoms with Gasteiger partial charge < -0.3 is 0 Å². The summed E-state index contributed by atoms with van der Waals surface area (Å²) in [5, 5.41) is 0. The van der Waals surface area contributed by atoms with Crippen molar-refractivity contribution in [1.29, 1.82) is 0 Å². The summed E-state index contributed by atoms with van der Waals surface area (Å²) in [6.07, 6.45) is 7.46. The van der Waals surface area contributed by atoms with Crippen molar-refractivity contribution in [3.63, 3.8) is 0 Å². The smallest absolute Gasteiger partial charge is 0.0167 e. The molecule has 23 heavy (non-hydrogen) atoms. The molecule has 1 saturated carbocycles. The lowest BCUT2D eigenvalue weighted by atomic mass is 9.76. The van der Waals surface area contributed by atoms with Crippen LogP contribution in [0, 0.1) is 23.7 Å². The maximum Gasteiger partial charge on any atom is -0.0167 e. The minimum Gasteiger partial charge on any atom is -0.0776 e. The van der Waals surface area contributed by atoms with Gasteiger partial charge in [-0.1, -0.05) is 111 Å². The van der Waals surface area contributed by atoms with Crippen molar-refractivity contribution in [3.8, 4) is 0 Å². The summed E-state index contributed by atoms with van der Waals surface area (Å²) in [4.78, 5) is 0. The Labute approximate surface area is 147 Å². The van der Waals surface area contributed by atoms with Gasteiger partial charge in [0, 0.05) is 0 Å². The molecule has 0 heterocycles. The first-order chi connectivity index (χ1) is 10.4. The van der Waals surface area contributed by atoms with E-state index in [9.17, 15) is 0 Å². The van der Waals surface area contributed by atoms with Gasteiger partial charge in [0.05, 0.1) is 0 Å². The Bertz CT molecular complexity index is 370. The van der Waals surface area contributed by atoms with Gasteiger partial charge in [0.2, 0.25) is 0 Å². The molecule has 2 unspecified atom stereocenters. The molecule has 0 spiro atoms. The maximum atomic E-state index is 2.43. The Kier molecular flexibility index (Phi) is 11.3. The fourth-order valence-electron chi connectivity index (χ4n) is 3.35. The third kappa shape index (κ3) is 8.04. The van der Waals surface area contributed by atoms with Crippen LogP contribution in [0.15, 0.2) is 30.3 Å². The third-order valence-electron chi connectivity index (χ3n) is 5.77. The van der Waals surface area contributed by atoms with Crippen molar-refractivity contribution in [3.05, 3.63) is 35.9 Å². The second kappa shape index (κ2) is 11.7. The topological polar surface area (TPSA) is 0 Å². The normalized spacial score (nSPS) is 17.9. The van der Waals surface area contributed by atoms with E-state index in [0.29, 0.717) is 5.92 Å². The molecule has 0 saturated heterocycles. The van der Waals surface area contributed by atoms with Gasteiger partial charge in [-0.2, -0.15) is 0 Å². The quantitative estimate of drug-likeness (QED) is 0.528. The number of rotatable bonds is 4. The van der Waals surface area contributed by atoms with E-state index in [4.69, 9.17) is 0 Å². The molecular weight excluding hydrogens is 276 g/mol. The second-order valence-corrected chi connectivity index (χ2v) is 7.94. The molecule has 1 aliphatic rings. The molecule has 1 aromatic carbocycles. The summed E-state index contributed by atoms with van der Waals surface area (Å²) in [7, 11) is 0. The van der Waals surface area contributed by atoms with Crippen LogP contribution in [0.5, 0.6) is 0 Å². The van der Waals surface area contributed by atoms with Crippen LogP contribution in [0.25, 0.3) is 0 Å². The van der Waals surface area contributed by atoms with E-state index in [1.54, 1.807) is 0 Å². The average molecular weight is 319 g/mol. The highest BCUT2D eigenvalue weighted by atomic mass is 14.3. The van der Waals surface area contributed by atoms with Crippen LogP contribution in [-0.4, -0.2) is 0 Å². The maximum absolute atomic E-state index is 2.43. The van der Waals surface area contributed by atoms with Crippen LogP contribution in [0.2, 0.25) is 0 Å². The van der Waals surface area contributed by atoms with Gasteiger partial charge in [-0.25, -0.2) is 0 Å². The van der Waals surface area contributed by atoms with Crippen molar-refractivity contribution in [1.82, 2.24) is 0 Å². The lowest BCUT2D eigenvalue weighted by Gasteiger charge is -2.30. The first-order valence-corrected chi connectivity index (χ1v) is 9.48. The van der Waals surface area contributed by atoms with Crippen LogP contribution in [0.1, 0.15) is 92.6 Å². The molecule has 0 aliphatic heterocycles. The van der Waals surface area contributed by atoms with Gasteiger partial charge in [-0.05, 0) is 35.2 Å². The third-order valence-corrected chi connectivity index (χ3v) is 5.77. The molecule has 0 nitrogen and oxygen atoms in total. The van der Waals surface area contributed by atoms with E-state index < -0.39 is 0 Å². The van der Waals surface area contributed by atoms with E-state index in [1.165, 1.54) is 37.7 Å². The first kappa shape index (κ1) is 22.2. The standard InChI is InChI=1S/C11H22.C11H16.CH4/c2*1-9(2)10(3)11-7-5-4-6-8-11;/h9-11H,4-8H2,1-3H3;4-10H,1-3H3;1H4. The molecular formula is C23H42. The molecule has 0 N–H and O–H groups in total. The van der Waals surface area contributed by atoms with Gasteiger partial charge >= 0.3 is 0 Å². The Balaban J connectivity index is 0.000000403. The van der Waals surface area contributed by atoms with Gasteiger partial charge in [0.15, 0.2) is 0 Å². The molecule has 2 rings (SSSR count). The van der Waals surface area contributed by atoms with Crippen molar-refractivity contribution in [2.75, 3.05) is 0 Å². The zero-order chi connectivity index (χ0) is 16.5. The van der Waals surface area contributed by atoms with Gasteiger partial charge in [0.25, 0.3) is 0 Å². The summed E-state index contributed by atoms with van der Waals surface area (Å²) in [5.74, 6) is 4.30. The molecule has 2 atom stereocenters. The van der Waals surface area contributed by atoms with E-state index in [2.05, 4.69) is 71.9 Å². The highest BCUT2D eigenvalue weighted by molar-refractivity contribution is 5.18. The van der Waals surface area contributed by atoms with Crippen LogP contribution < -0.4 is 0 Å². The summed E-state index contributed by atoms with van der Waals surface area (Å²) in [6, 6.07) is 10.7.